The summed E-state index contributed by atoms with van der Waals surface area (Å²) in [7, 11) is 1.98. The number of fused-ring (bicyclic) bond motifs is 1. The highest BCUT2D eigenvalue weighted by Crippen LogP contribution is 2.30. The quantitative estimate of drug-likeness (QED) is 0.341. The summed E-state index contributed by atoms with van der Waals surface area (Å²) in [5, 5.41) is 14.1. The predicted octanol–water partition coefficient (Wildman–Crippen LogP) is 5.42. The molecule has 0 aliphatic carbocycles. The summed E-state index contributed by atoms with van der Waals surface area (Å²) in [6.45, 7) is 4.06. The topological polar surface area (TPSA) is 63.5 Å². The Morgan fingerprint density at radius 2 is 1.94 bits per heavy atom. The fourth-order valence-electron chi connectivity index (χ4n) is 4.35. The number of aryl methyl sites for hydroxylation is 2. The Hall–Kier alpha value is -3.64. The number of hydrogen-bond acceptors (Lipinski definition) is 3. The van der Waals surface area contributed by atoms with Crippen molar-refractivity contribution in [2.45, 2.75) is 32.7 Å². The number of nitrogens with one attached hydrogen (secondary N) is 1. The maximum Gasteiger partial charge on any atom is 0.255 e. The summed E-state index contributed by atoms with van der Waals surface area (Å²) in [5.41, 5.74) is 4.28. The molecule has 0 radical (unpaired) electrons. The molecule has 0 bridgehead atoms. The molecule has 6 heteroatoms. The Bertz CT molecular complexity index is 1350. The molecule has 0 spiro atoms. The summed E-state index contributed by atoms with van der Waals surface area (Å²) in [5.74, 6) is -0.282. The lowest BCUT2D eigenvalue weighted by molar-refractivity contribution is 0.0912. The van der Waals surface area contributed by atoms with E-state index in [2.05, 4.69) is 5.32 Å². The van der Waals surface area contributed by atoms with E-state index in [0.29, 0.717) is 35.5 Å². The van der Waals surface area contributed by atoms with Crippen LogP contribution in [0.25, 0.3) is 22.0 Å². The second kappa shape index (κ2) is 10.7. The van der Waals surface area contributed by atoms with Gasteiger partial charge in [0.25, 0.3) is 5.91 Å². The van der Waals surface area contributed by atoms with Crippen molar-refractivity contribution >= 4 is 16.8 Å². The molecule has 0 saturated carbocycles. The van der Waals surface area contributed by atoms with E-state index in [9.17, 15) is 14.3 Å². The zero-order valence-corrected chi connectivity index (χ0v) is 20.3. The standard InChI is InChI=1S/C29H31FN2O3/c1-4-13-35-28-12-10-20(23-11-9-19(2)14-26(23)30)16-25(28)29(34)31-22(18-33)15-21-17-32(3)27-8-6-5-7-24(21)27/h5-12,14,16-17,22,33H,4,13,15,18H2,1-3H3,(H,31,34)/t22-/m1/s1. The van der Waals surface area contributed by atoms with Gasteiger partial charge in [0.2, 0.25) is 0 Å². The Balaban J connectivity index is 1.62. The minimum absolute atomic E-state index is 0.216. The van der Waals surface area contributed by atoms with Crippen molar-refractivity contribution in [3.05, 3.63) is 89.4 Å². The van der Waals surface area contributed by atoms with Crippen molar-refractivity contribution < 1.29 is 19.0 Å². The molecule has 0 unspecified atom stereocenters. The van der Waals surface area contributed by atoms with Gasteiger partial charge < -0.3 is 19.7 Å². The Kier molecular flexibility index (Phi) is 7.51. The predicted molar refractivity (Wildman–Crippen MR) is 137 cm³/mol. The number of aliphatic hydroxyl groups excluding tert-OH is 1. The van der Waals surface area contributed by atoms with Gasteiger partial charge in [0.05, 0.1) is 24.8 Å². The van der Waals surface area contributed by atoms with Crippen LogP contribution in [0.15, 0.2) is 66.9 Å². The fourth-order valence-corrected chi connectivity index (χ4v) is 4.35. The van der Waals surface area contributed by atoms with Crippen LogP contribution in [0.2, 0.25) is 0 Å². The smallest absolute Gasteiger partial charge is 0.255 e. The molecule has 2 N–H and O–H groups in total. The zero-order chi connectivity index (χ0) is 24.9. The lowest BCUT2D eigenvalue weighted by Crippen LogP contribution is -2.39. The van der Waals surface area contributed by atoms with Crippen LogP contribution in [-0.2, 0) is 13.5 Å². The molecular weight excluding hydrogens is 443 g/mol. The van der Waals surface area contributed by atoms with Crippen LogP contribution in [0.1, 0.15) is 34.8 Å². The Labute approximate surface area is 205 Å². The normalized spacial score (nSPS) is 12.0. The number of halogens is 1. The van der Waals surface area contributed by atoms with Crippen LogP contribution in [0.5, 0.6) is 5.75 Å². The molecule has 4 rings (SSSR count). The van der Waals surface area contributed by atoms with Crippen molar-refractivity contribution in [3.8, 4) is 16.9 Å². The number of nitrogens with zero attached hydrogens (tertiary/aromatic N) is 1. The first-order chi connectivity index (χ1) is 16.9. The van der Waals surface area contributed by atoms with E-state index in [4.69, 9.17) is 4.74 Å². The third kappa shape index (κ3) is 5.38. The van der Waals surface area contributed by atoms with Gasteiger partial charge in [-0.1, -0.05) is 43.3 Å². The van der Waals surface area contributed by atoms with Gasteiger partial charge in [0, 0.05) is 29.7 Å². The highest BCUT2D eigenvalue weighted by Gasteiger charge is 2.20. The van der Waals surface area contributed by atoms with Gasteiger partial charge in [-0.2, -0.15) is 0 Å². The number of para-hydroxylation sites is 1. The van der Waals surface area contributed by atoms with Gasteiger partial charge in [-0.15, -0.1) is 0 Å². The molecule has 1 heterocycles. The van der Waals surface area contributed by atoms with Gasteiger partial charge in [0.1, 0.15) is 11.6 Å². The molecule has 0 fully saturated rings. The monoisotopic (exact) mass is 474 g/mol. The van der Waals surface area contributed by atoms with Gasteiger partial charge >= 0.3 is 0 Å². The minimum Gasteiger partial charge on any atom is -0.493 e. The number of carbonyl (C=O) groups excluding carboxylic acids is 1. The summed E-state index contributed by atoms with van der Waals surface area (Å²) in [4.78, 5) is 13.4. The van der Waals surface area contributed by atoms with Crippen molar-refractivity contribution in [2.24, 2.45) is 7.05 Å². The van der Waals surface area contributed by atoms with Gasteiger partial charge in [-0.05, 0) is 60.7 Å². The van der Waals surface area contributed by atoms with Crippen LogP contribution in [0, 0.1) is 12.7 Å². The third-order valence-corrected chi connectivity index (χ3v) is 6.12. The van der Waals surface area contributed by atoms with Crippen molar-refractivity contribution in [1.82, 2.24) is 9.88 Å². The van der Waals surface area contributed by atoms with Crippen LogP contribution in [-0.4, -0.2) is 34.8 Å². The van der Waals surface area contributed by atoms with E-state index in [1.807, 2.05) is 62.0 Å². The van der Waals surface area contributed by atoms with E-state index in [1.54, 1.807) is 24.3 Å². The highest BCUT2D eigenvalue weighted by atomic mass is 19.1. The van der Waals surface area contributed by atoms with E-state index < -0.39 is 6.04 Å². The molecule has 182 valence electrons. The summed E-state index contributed by atoms with van der Waals surface area (Å²) < 4.78 is 22.5. The van der Waals surface area contributed by atoms with E-state index in [-0.39, 0.29) is 18.3 Å². The number of ether oxygens (including phenoxy) is 1. The first kappa shape index (κ1) is 24.5. The largest absolute Gasteiger partial charge is 0.493 e. The maximum atomic E-state index is 14.6. The average Bonchev–Trinajstić information content (AvgIpc) is 3.17. The number of amides is 1. The molecule has 1 aromatic heterocycles. The number of rotatable bonds is 9. The zero-order valence-electron chi connectivity index (χ0n) is 20.3. The van der Waals surface area contributed by atoms with Crippen molar-refractivity contribution in [2.75, 3.05) is 13.2 Å². The number of carbonyl (C=O) groups is 1. The Morgan fingerprint density at radius 3 is 2.69 bits per heavy atom. The molecule has 0 aliphatic heterocycles. The first-order valence-corrected chi connectivity index (χ1v) is 11.9. The summed E-state index contributed by atoms with van der Waals surface area (Å²) in [6.07, 6.45) is 3.28. The second-order valence-corrected chi connectivity index (χ2v) is 8.88. The Morgan fingerprint density at radius 1 is 1.14 bits per heavy atom. The summed E-state index contributed by atoms with van der Waals surface area (Å²) >= 11 is 0. The van der Waals surface area contributed by atoms with Crippen molar-refractivity contribution in [3.63, 3.8) is 0 Å². The minimum atomic E-state index is -0.493. The lowest BCUT2D eigenvalue weighted by atomic mass is 9.99. The molecule has 5 nitrogen and oxygen atoms in total. The van der Waals surface area contributed by atoms with Crippen molar-refractivity contribution in [1.29, 1.82) is 0 Å². The first-order valence-electron chi connectivity index (χ1n) is 11.9. The van der Waals surface area contributed by atoms with E-state index in [1.165, 1.54) is 6.07 Å². The summed E-state index contributed by atoms with van der Waals surface area (Å²) in [6, 6.07) is 17.7. The fraction of sp³-hybridized carbons (Fsp3) is 0.276. The van der Waals surface area contributed by atoms with Gasteiger partial charge in [-0.25, -0.2) is 4.39 Å². The third-order valence-electron chi connectivity index (χ3n) is 6.12. The van der Waals surface area contributed by atoms with Crippen LogP contribution in [0.4, 0.5) is 4.39 Å². The molecule has 0 aliphatic rings. The van der Waals surface area contributed by atoms with Crippen LogP contribution in [0.3, 0.4) is 0 Å². The average molecular weight is 475 g/mol. The molecule has 0 saturated heterocycles. The van der Waals surface area contributed by atoms with Crippen LogP contribution >= 0.6 is 0 Å². The SMILES string of the molecule is CCCOc1ccc(-c2ccc(C)cc2F)cc1C(=O)N[C@@H](CO)Cc1cn(C)c2ccccc12. The number of benzene rings is 3. The lowest BCUT2D eigenvalue weighted by Gasteiger charge is -2.18. The van der Waals surface area contributed by atoms with Gasteiger partial charge in [0.15, 0.2) is 0 Å². The van der Waals surface area contributed by atoms with Crippen LogP contribution < -0.4 is 10.1 Å². The number of aliphatic hydroxyl groups is 1. The van der Waals surface area contributed by atoms with E-state index in [0.717, 1.165) is 28.5 Å². The molecule has 35 heavy (non-hydrogen) atoms. The number of hydrogen-bond donors (Lipinski definition) is 2. The maximum absolute atomic E-state index is 14.6. The molecule has 1 amide bonds. The van der Waals surface area contributed by atoms with Gasteiger partial charge in [-0.3, -0.25) is 4.79 Å². The molecule has 3 aromatic carbocycles. The second-order valence-electron chi connectivity index (χ2n) is 8.88. The molecule has 1 atom stereocenters. The molecular formula is C29H31FN2O3. The highest BCUT2D eigenvalue weighted by molar-refractivity contribution is 5.98. The molecule has 4 aromatic rings. The van der Waals surface area contributed by atoms with E-state index >= 15 is 0 Å². The number of aromatic nitrogens is 1.